The van der Waals surface area contributed by atoms with E-state index in [0.717, 1.165) is 27.3 Å². The Bertz CT molecular complexity index is 1240. The molecule has 0 fully saturated rings. The second-order valence-electron chi connectivity index (χ2n) is 7.41. The number of carbonyl (C=O) groups is 2. The molecule has 7 heteroatoms. The van der Waals surface area contributed by atoms with Gasteiger partial charge in [-0.25, -0.2) is 0 Å². The largest absolute Gasteiger partial charge is 0.341 e. The van der Waals surface area contributed by atoms with Crippen LogP contribution in [0.15, 0.2) is 78.9 Å². The number of carbonyl (C=O) groups excluding carboxylic acids is 2. The third-order valence-electron chi connectivity index (χ3n) is 4.92. The minimum absolute atomic E-state index is 0.315. The Morgan fingerprint density at radius 2 is 1.53 bits per heavy atom. The van der Waals surface area contributed by atoms with E-state index in [2.05, 4.69) is 20.8 Å². The van der Waals surface area contributed by atoms with E-state index in [1.54, 1.807) is 19.1 Å². The lowest BCUT2D eigenvalue weighted by molar-refractivity contribution is -0.117. The van der Waals surface area contributed by atoms with E-state index in [1.807, 2.05) is 73.7 Å². The highest BCUT2D eigenvalue weighted by Gasteiger charge is 2.18. The fourth-order valence-electron chi connectivity index (χ4n) is 3.17. The molecule has 1 atom stereocenters. The van der Waals surface area contributed by atoms with E-state index in [1.165, 1.54) is 11.3 Å². The summed E-state index contributed by atoms with van der Waals surface area (Å²) in [7, 11) is 0. The molecule has 4 rings (SSSR count). The lowest BCUT2D eigenvalue weighted by Gasteiger charge is -2.13. The average molecular weight is 443 g/mol. The van der Waals surface area contributed by atoms with Crippen molar-refractivity contribution in [3.8, 4) is 21.7 Å². The number of aromatic nitrogens is 2. The molecule has 2 amide bonds. The first-order chi connectivity index (χ1) is 15.5. The lowest BCUT2D eigenvalue weighted by Crippen LogP contribution is -2.41. The summed E-state index contributed by atoms with van der Waals surface area (Å²) in [6.45, 7) is 3.64. The van der Waals surface area contributed by atoms with Crippen LogP contribution in [0, 0.1) is 6.92 Å². The molecule has 4 aromatic rings. The van der Waals surface area contributed by atoms with E-state index in [9.17, 15) is 9.59 Å². The van der Waals surface area contributed by atoms with E-state index >= 15 is 0 Å². The zero-order chi connectivity index (χ0) is 22.5. The summed E-state index contributed by atoms with van der Waals surface area (Å²) in [6, 6.07) is 24.4. The maximum atomic E-state index is 12.6. The third-order valence-corrected chi connectivity index (χ3v) is 5.80. The minimum Gasteiger partial charge on any atom is -0.341 e. The van der Waals surface area contributed by atoms with E-state index in [-0.39, 0.29) is 11.8 Å². The van der Waals surface area contributed by atoms with Gasteiger partial charge in [0.05, 0.1) is 0 Å². The molecule has 0 bridgehead atoms. The summed E-state index contributed by atoms with van der Waals surface area (Å²) in [4.78, 5) is 25.1. The van der Waals surface area contributed by atoms with E-state index in [4.69, 9.17) is 0 Å². The standard InChI is InChI=1S/C25H22N4O2S/c1-16-7-6-10-21(15-16)24-28-29-25(32-24)27-22(30)17(2)26-23(31)20-13-11-19(12-14-20)18-8-4-3-5-9-18/h3-15,17H,1-2H3,(H,26,31)(H,27,29,30). The van der Waals surface area contributed by atoms with E-state index in [0.29, 0.717) is 10.7 Å². The molecule has 160 valence electrons. The number of hydrogen-bond donors (Lipinski definition) is 2. The number of aryl methyl sites for hydroxylation is 1. The van der Waals surface area contributed by atoms with Gasteiger partial charge in [0.1, 0.15) is 11.0 Å². The summed E-state index contributed by atoms with van der Waals surface area (Å²) >= 11 is 1.29. The van der Waals surface area contributed by atoms with Gasteiger partial charge in [0.15, 0.2) is 0 Å². The Balaban J connectivity index is 1.36. The summed E-state index contributed by atoms with van der Waals surface area (Å²) in [6.07, 6.45) is 0. The molecule has 2 N–H and O–H groups in total. The van der Waals surface area contributed by atoms with Gasteiger partial charge in [-0.1, -0.05) is 77.6 Å². The van der Waals surface area contributed by atoms with Crippen LogP contribution in [0.2, 0.25) is 0 Å². The molecule has 0 saturated carbocycles. The maximum absolute atomic E-state index is 12.6. The fraction of sp³-hybridized carbons (Fsp3) is 0.120. The van der Waals surface area contributed by atoms with Crippen LogP contribution in [0.4, 0.5) is 5.13 Å². The number of benzene rings is 3. The molecular weight excluding hydrogens is 420 g/mol. The Morgan fingerprint density at radius 1 is 0.844 bits per heavy atom. The van der Waals surface area contributed by atoms with Gasteiger partial charge in [-0.2, -0.15) is 0 Å². The first-order valence-corrected chi connectivity index (χ1v) is 11.0. The number of amides is 2. The topological polar surface area (TPSA) is 84.0 Å². The van der Waals surface area contributed by atoms with Crippen LogP contribution in [0.3, 0.4) is 0 Å². The van der Waals surface area contributed by atoms with Gasteiger partial charge in [0.2, 0.25) is 11.0 Å². The van der Waals surface area contributed by atoms with Crippen molar-refractivity contribution in [2.45, 2.75) is 19.9 Å². The molecule has 32 heavy (non-hydrogen) atoms. The number of anilines is 1. The van der Waals surface area contributed by atoms with Crippen LogP contribution >= 0.6 is 11.3 Å². The van der Waals surface area contributed by atoms with Crippen molar-refractivity contribution in [3.63, 3.8) is 0 Å². The Labute approximate surface area is 190 Å². The van der Waals surface area contributed by atoms with Gasteiger partial charge in [-0.05, 0) is 43.2 Å². The molecule has 0 aliphatic rings. The van der Waals surface area contributed by atoms with Gasteiger partial charge < -0.3 is 5.32 Å². The van der Waals surface area contributed by atoms with Crippen LogP contribution in [-0.2, 0) is 4.79 Å². The molecule has 1 heterocycles. The van der Waals surface area contributed by atoms with Crippen molar-refractivity contribution in [2.75, 3.05) is 5.32 Å². The summed E-state index contributed by atoms with van der Waals surface area (Å²) < 4.78 is 0. The van der Waals surface area contributed by atoms with Crippen molar-refractivity contribution >= 4 is 28.3 Å². The summed E-state index contributed by atoms with van der Waals surface area (Å²) in [5, 5.41) is 14.8. The Kier molecular flexibility index (Phi) is 6.37. The lowest BCUT2D eigenvalue weighted by atomic mass is 10.0. The van der Waals surface area contributed by atoms with Crippen molar-refractivity contribution in [2.24, 2.45) is 0 Å². The second kappa shape index (κ2) is 9.53. The second-order valence-corrected chi connectivity index (χ2v) is 8.39. The van der Waals surface area contributed by atoms with Crippen LogP contribution in [0.25, 0.3) is 21.7 Å². The van der Waals surface area contributed by atoms with Crippen molar-refractivity contribution in [1.29, 1.82) is 0 Å². The monoisotopic (exact) mass is 442 g/mol. The normalized spacial score (nSPS) is 11.6. The molecule has 0 radical (unpaired) electrons. The number of hydrogen-bond acceptors (Lipinski definition) is 5. The first kappa shape index (κ1) is 21.4. The predicted octanol–water partition coefficient (Wildman–Crippen LogP) is 4.94. The van der Waals surface area contributed by atoms with E-state index < -0.39 is 6.04 Å². The zero-order valence-corrected chi connectivity index (χ0v) is 18.5. The van der Waals surface area contributed by atoms with Crippen molar-refractivity contribution in [1.82, 2.24) is 15.5 Å². The molecule has 0 aliphatic carbocycles. The first-order valence-electron chi connectivity index (χ1n) is 10.2. The maximum Gasteiger partial charge on any atom is 0.251 e. The van der Waals surface area contributed by atoms with Crippen LogP contribution in [0.5, 0.6) is 0 Å². The molecule has 3 aromatic carbocycles. The fourth-order valence-corrected chi connectivity index (χ4v) is 3.92. The molecule has 0 spiro atoms. The highest BCUT2D eigenvalue weighted by Crippen LogP contribution is 2.27. The van der Waals surface area contributed by atoms with Gasteiger partial charge in [0.25, 0.3) is 5.91 Å². The average Bonchev–Trinajstić information content (AvgIpc) is 3.28. The SMILES string of the molecule is Cc1cccc(-c2nnc(NC(=O)C(C)NC(=O)c3ccc(-c4ccccc4)cc3)s2)c1. The van der Waals surface area contributed by atoms with Crippen LogP contribution in [0.1, 0.15) is 22.8 Å². The van der Waals surface area contributed by atoms with Crippen LogP contribution in [-0.4, -0.2) is 28.1 Å². The van der Waals surface area contributed by atoms with Gasteiger partial charge in [-0.3, -0.25) is 14.9 Å². The van der Waals surface area contributed by atoms with Crippen LogP contribution < -0.4 is 10.6 Å². The highest BCUT2D eigenvalue weighted by atomic mass is 32.1. The highest BCUT2D eigenvalue weighted by molar-refractivity contribution is 7.18. The minimum atomic E-state index is -0.734. The third kappa shape index (κ3) is 5.07. The van der Waals surface area contributed by atoms with Gasteiger partial charge in [-0.15, -0.1) is 10.2 Å². The Hall–Kier alpha value is -3.84. The molecule has 0 aliphatic heterocycles. The smallest absolute Gasteiger partial charge is 0.251 e. The number of nitrogens with zero attached hydrogens (tertiary/aromatic N) is 2. The molecule has 1 aromatic heterocycles. The molecule has 0 saturated heterocycles. The Morgan fingerprint density at radius 3 is 2.25 bits per heavy atom. The number of nitrogens with one attached hydrogen (secondary N) is 2. The molecular formula is C25H22N4O2S. The van der Waals surface area contributed by atoms with Crippen molar-refractivity contribution < 1.29 is 9.59 Å². The quantitative estimate of drug-likeness (QED) is 0.443. The predicted molar refractivity (Wildman–Crippen MR) is 128 cm³/mol. The summed E-state index contributed by atoms with van der Waals surface area (Å²) in [5.41, 5.74) is 4.66. The van der Waals surface area contributed by atoms with Gasteiger partial charge >= 0.3 is 0 Å². The summed E-state index contributed by atoms with van der Waals surface area (Å²) in [5.74, 6) is -0.670. The van der Waals surface area contributed by atoms with Gasteiger partial charge in [0, 0.05) is 11.1 Å². The van der Waals surface area contributed by atoms with Crippen molar-refractivity contribution in [3.05, 3.63) is 90.0 Å². The molecule has 1 unspecified atom stereocenters. The zero-order valence-electron chi connectivity index (χ0n) is 17.7. The molecule has 6 nitrogen and oxygen atoms in total. The number of rotatable bonds is 6.